The van der Waals surface area contributed by atoms with E-state index in [0.717, 1.165) is 31.2 Å². The first-order valence-electron chi connectivity index (χ1n) is 5.48. The highest BCUT2D eigenvalue weighted by Gasteiger charge is 2.10. The van der Waals surface area contributed by atoms with Gasteiger partial charge in [-0.05, 0) is 20.4 Å². The second-order valence-corrected chi connectivity index (χ2v) is 4.54. The Balaban J connectivity index is 2.42. The number of nitrogens with one attached hydrogen (secondary N) is 1. The van der Waals surface area contributed by atoms with Crippen LogP contribution in [0.15, 0.2) is 5.38 Å². The van der Waals surface area contributed by atoms with Gasteiger partial charge >= 0.3 is 0 Å². The third-order valence-corrected chi connectivity index (χ3v) is 2.96. The van der Waals surface area contributed by atoms with Crippen molar-refractivity contribution < 1.29 is 4.74 Å². The molecule has 4 heteroatoms. The summed E-state index contributed by atoms with van der Waals surface area (Å²) in [6.45, 7) is 8.69. The van der Waals surface area contributed by atoms with Gasteiger partial charge in [0.25, 0.3) is 0 Å². The van der Waals surface area contributed by atoms with Gasteiger partial charge in [-0.1, -0.05) is 6.92 Å². The molecule has 0 radical (unpaired) electrons. The quantitative estimate of drug-likeness (QED) is 0.775. The van der Waals surface area contributed by atoms with Crippen LogP contribution in [-0.4, -0.2) is 30.8 Å². The lowest BCUT2D eigenvalue weighted by Crippen LogP contribution is -2.35. The Hall–Kier alpha value is -0.450. The summed E-state index contributed by atoms with van der Waals surface area (Å²) >= 11 is 1.71. The fraction of sp³-hybridized carbons (Fsp3) is 0.727. The molecule has 0 fully saturated rings. The fourth-order valence-corrected chi connectivity index (χ4v) is 2.12. The molecule has 1 aromatic heterocycles. The van der Waals surface area contributed by atoms with Gasteiger partial charge in [0.05, 0.1) is 17.3 Å². The summed E-state index contributed by atoms with van der Waals surface area (Å²) in [5.41, 5.74) is 1.17. The molecule has 1 rings (SSSR count). The van der Waals surface area contributed by atoms with Gasteiger partial charge in [-0.3, -0.25) is 0 Å². The number of ether oxygens (including phenoxy) is 1. The van der Waals surface area contributed by atoms with Crippen LogP contribution in [0.4, 0.5) is 0 Å². The van der Waals surface area contributed by atoms with E-state index in [1.807, 2.05) is 13.8 Å². The largest absolute Gasteiger partial charge is 0.380 e. The van der Waals surface area contributed by atoms with Crippen LogP contribution in [0, 0.1) is 6.92 Å². The standard InChI is InChI=1S/C11H20N2OS/c1-4-12-10(7-14-5-2)6-11-8-15-9(3)13-11/h8,10,12H,4-7H2,1-3H3. The SMILES string of the molecule is CCNC(COCC)Cc1csc(C)n1. The minimum Gasteiger partial charge on any atom is -0.380 e. The second kappa shape index (κ2) is 6.93. The van der Waals surface area contributed by atoms with E-state index in [9.17, 15) is 0 Å². The molecule has 3 nitrogen and oxygen atoms in total. The van der Waals surface area contributed by atoms with Crippen LogP contribution in [0.25, 0.3) is 0 Å². The number of aromatic nitrogens is 1. The maximum Gasteiger partial charge on any atom is 0.0897 e. The molecule has 0 bridgehead atoms. The van der Waals surface area contributed by atoms with Gasteiger partial charge in [0.15, 0.2) is 0 Å². The summed E-state index contributed by atoms with van der Waals surface area (Å²) in [4.78, 5) is 4.46. The minimum absolute atomic E-state index is 0.386. The maximum absolute atomic E-state index is 5.44. The van der Waals surface area contributed by atoms with Gasteiger partial charge < -0.3 is 10.1 Å². The van der Waals surface area contributed by atoms with E-state index in [0.29, 0.717) is 6.04 Å². The lowest BCUT2D eigenvalue weighted by Gasteiger charge is -2.16. The van der Waals surface area contributed by atoms with E-state index >= 15 is 0 Å². The second-order valence-electron chi connectivity index (χ2n) is 3.48. The average Bonchev–Trinajstić information content (AvgIpc) is 2.61. The summed E-state index contributed by atoms with van der Waals surface area (Å²) < 4.78 is 5.44. The van der Waals surface area contributed by atoms with Crippen LogP contribution >= 0.6 is 11.3 Å². The summed E-state index contributed by atoms with van der Waals surface area (Å²) in [6, 6.07) is 0.386. The minimum atomic E-state index is 0.386. The number of rotatable bonds is 7. The molecule has 0 amide bonds. The Labute approximate surface area is 95.9 Å². The highest BCUT2D eigenvalue weighted by molar-refractivity contribution is 7.09. The number of hydrogen-bond donors (Lipinski definition) is 1. The Morgan fingerprint density at radius 1 is 1.53 bits per heavy atom. The molecule has 0 spiro atoms. The maximum atomic E-state index is 5.44. The third-order valence-electron chi connectivity index (χ3n) is 2.14. The normalized spacial score (nSPS) is 13.0. The van der Waals surface area contributed by atoms with Crippen molar-refractivity contribution in [1.82, 2.24) is 10.3 Å². The van der Waals surface area contributed by atoms with Crippen molar-refractivity contribution in [2.75, 3.05) is 19.8 Å². The van der Waals surface area contributed by atoms with Crippen molar-refractivity contribution >= 4 is 11.3 Å². The zero-order valence-electron chi connectivity index (χ0n) is 9.75. The molecular formula is C11H20N2OS. The van der Waals surface area contributed by atoms with Gasteiger partial charge in [-0.15, -0.1) is 11.3 Å². The molecular weight excluding hydrogens is 208 g/mol. The zero-order valence-corrected chi connectivity index (χ0v) is 10.6. The summed E-state index contributed by atoms with van der Waals surface area (Å²) in [6.07, 6.45) is 0.957. The molecule has 1 atom stereocenters. The molecule has 0 aliphatic rings. The average molecular weight is 228 g/mol. The van der Waals surface area contributed by atoms with E-state index in [-0.39, 0.29) is 0 Å². The number of nitrogens with zero attached hydrogens (tertiary/aromatic N) is 1. The van der Waals surface area contributed by atoms with Crippen molar-refractivity contribution in [2.45, 2.75) is 33.2 Å². The van der Waals surface area contributed by atoms with Crippen molar-refractivity contribution in [3.63, 3.8) is 0 Å². The Kier molecular flexibility index (Phi) is 5.83. The molecule has 86 valence electrons. The highest BCUT2D eigenvalue weighted by Crippen LogP contribution is 2.10. The van der Waals surface area contributed by atoms with Crippen LogP contribution in [0.5, 0.6) is 0 Å². The van der Waals surface area contributed by atoms with E-state index in [2.05, 4.69) is 22.6 Å². The van der Waals surface area contributed by atoms with Gasteiger partial charge in [0, 0.05) is 24.4 Å². The predicted molar refractivity (Wildman–Crippen MR) is 64.5 cm³/mol. The number of hydrogen-bond acceptors (Lipinski definition) is 4. The van der Waals surface area contributed by atoms with E-state index in [4.69, 9.17) is 4.74 Å². The lowest BCUT2D eigenvalue weighted by atomic mass is 10.2. The number of aryl methyl sites for hydroxylation is 1. The van der Waals surface area contributed by atoms with E-state index < -0.39 is 0 Å². The topological polar surface area (TPSA) is 34.1 Å². The highest BCUT2D eigenvalue weighted by atomic mass is 32.1. The van der Waals surface area contributed by atoms with Crippen LogP contribution in [0.3, 0.4) is 0 Å². The molecule has 0 aliphatic carbocycles. The van der Waals surface area contributed by atoms with Crippen molar-refractivity contribution in [2.24, 2.45) is 0 Å². The molecule has 0 aliphatic heterocycles. The third kappa shape index (κ3) is 4.73. The Morgan fingerprint density at radius 3 is 2.87 bits per heavy atom. The van der Waals surface area contributed by atoms with Gasteiger partial charge in [-0.25, -0.2) is 4.98 Å². The lowest BCUT2D eigenvalue weighted by molar-refractivity contribution is 0.123. The molecule has 1 aromatic rings. The molecule has 0 saturated heterocycles. The van der Waals surface area contributed by atoms with Gasteiger partial charge in [0.1, 0.15) is 0 Å². The zero-order chi connectivity index (χ0) is 11.1. The first-order chi connectivity index (χ1) is 7.26. The van der Waals surface area contributed by atoms with Crippen molar-refractivity contribution in [3.05, 3.63) is 16.1 Å². The van der Waals surface area contributed by atoms with E-state index in [1.54, 1.807) is 11.3 Å². The van der Waals surface area contributed by atoms with Crippen molar-refractivity contribution in [1.29, 1.82) is 0 Å². The van der Waals surface area contributed by atoms with Crippen LogP contribution in [0.2, 0.25) is 0 Å². The summed E-state index contributed by atoms with van der Waals surface area (Å²) in [5.74, 6) is 0. The van der Waals surface area contributed by atoms with Crippen LogP contribution < -0.4 is 5.32 Å². The summed E-state index contributed by atoms with van der Waals surface area (Å²) in [5, 5.41) is 6.68. The Bertz CT molecular complexity index is 275. The van der Waals surface area contributed by atoms with Crippen LogP contribution in [0.1, 0.15) is 24.5 Å². The van der Waals surface area contributed by atoms with Gasteiger partial charge in [0.2, 0.25) is 0 Å². The van der Waals surface area contributed by atoms with Gasteiger partial charge in [-0.2, -0.15) is 0 Å². The number of likely N-dealkylation sites (N-methyl/N-ethyl adjacent to an activating group) is 1. The number of thiazole rings is 1. The van der Waals surface area contributed by atoms with E-state index in [1.165, 1.54) is 5.69 Å². The molecule has 0 saturated carbocycles. The first-order valence-corrected chi connectivity index (χ1v) is 6.36. The smallest absolute Gasteiger partial charge is 0.0897 e. The molecule has 0 aromatic carbocycles. The van der Waals surface area contributed by atoms with Crippen LogP contribution in [-0.2, 0) is 11.2 Å². The fourth-order valence-electron chi connectivity index (χ4n) is 1.49. The Morgan fingerprint density at radius 2 is 2.33 bits per heavy atom. The monoisotopic (exact) mass is 228 g/mol. The molecule has 1 unspecified atom stereocenters. The predicted octanol–water partition coefficient (Wildman–Crippen LogP) is 2.01. The summed E-state index contributed by atoms with van der Waals surface area (Å²) in [7, 11) is 0. The van der Waals surface area contributed by atoms with Crippen molar-refractivity contribution in [3.8, 4) is 0 Å². The molecule has 15 heavy (non-hydrogen) atoms. The molecule has 1 heterocycles. The molecule has 1 N–H and O–H groups in total. The first kappa shape index (κ1) is 12.6.